The molecule has 184 valence electrons. The van der Waals surface area contributed by atoms with E-state index < -0.39 is 35.0 Å². The molecule has 6 atom stereocenters. The summed E-state index contributed by atoms with van der Waals surface area (Å²) in [6.45, 7) is 0.848. The molecule has 2 aliphatic carbocycles. The summed E-state index contributed by atoms with van der Waals surface area (Å²) in [4.78, 5) is 25.6. The van der Waals surface area contributed by atoms with Crippen molar-refractivity contribution in [3.63, 3.8) is 0 Å². The fourth-order valence-corrected chi connectivity index (χ4v) is 6.99. The van der Waals surface area contributed by atoms with Crippen molar-refractivity contribution in [2.24, 2.45) is 5.73 Å². The largest absolute Gasteiger partial charge is 0.504 e. The van der Waals surface area contributed by atoms with E-state index in [1.54, 1.807) is 13.2 Å². The lowest BCUT2D eigenvalue weighted by molar-refractivity contribution is -0.204. The lowest BCUT2D eigenvalue weighted by atomic mass is 9.48. The first-order valence-electron chi connectivity index (χ1n) is 10.8. The van der Waals surface area contributed by atoms with Gasteiger partial charge in [0, 0.05) is 24.8 Å². The highest BCUT2D eigenvalue weighted by molar-refractivity contribution is 5.85. The summed E-state index contributed by atoms with van der Waals surface area (Å²) in [5.41, 5.74) is 6.43. The van der Waals surface area contributed by atoms with Crippen LogP contribution in [0.25, 0.3) is 0 Å². The monoisotopic (exact) mass is 503 g/mol. The third-order valence-corrected chi connectivity index (χ3v) is 8.17. The number of phenols is 1. The molecule has 4 aliphatic rings. The Hall–Kier alpha value is -1.78. The van der Waals surface area contributed by atoms with Gasteiger partial charge in [-0.1, -0.05) is 6.07 Å². The molecule has 11 heteroatoms. The Balaban J connectivity index is 0.00000153. The molecule has 2 fully saturated rings. The second kappa shape index (κ2) is 8.78. The van der Waals surface area contributed by atoms with Gasteiger partial charge in [-0.15, -0.1) is 24.8 Å². The number of primary amides is 1. The van der Waals surface area contributed by atoms with E-state index in [4.69, 9.17) is 15.2 Å². The van der Waals surface area contributed by atoms with Crippen LogP contribution in [0.1, 0.15) is 36.8 Å². The van der Waals surface area contributed by atoms with Gasteiger partial charge in [0.1, 0.15) is 12.1 Å². The SMILES string of the molecule is CO[C@@]12CC[C@@H](N[C@@H](CC(N)=O)C(=O)O)[C@@H]3Oc4c(O)ccc5c4[C@@]31CCN(C)[C@@H]2C5.Cl.Cl. The number of nitrogens with one attached hydrogen (secondary N) is 1. The molecule has 1 saturated carbocycles. The van der Waals surface area contributed by atoms with Crippen LogP contribution in [0.5, 0.6) is 11.5 Å². The van der Waals surface area contributed by atoms with E-state index in [1.165, 1.54) is 0 Å². The minimum Gasteiger partial charge on any atom is -0.504 e. The highest BCUT2D eigenvalue weighted by Gasteiger charge is 2.73. The van der Waals surface area contributed by atoms with Crippen LogP contribution in [-0.4, -0.2) is 77.5 Å². The average molecular weight is 504 g/mol. The Morgan fingerprint density at radius 1 is 1.36 bits per heavy atom. The number of piperidine rings is 1. The third-order valence-electron chi connectivity index (χ3n) is 8.17. The van der Waals surface area contributed by atoms with Crippen LogP contribution in [0.4, 0.5) is 0 Å². The number of hydrogen-bond acceptors (Lipinski definition) is 7. The number of amides is 1. The maximum absolute atomic E-state index is 11.8. The number of nitrogens with zero attached hydrogens (tertiary/aromatic N) is 1. The van der Waals surface area contributed by atoms with Gasteiger partial charge in [0.15, 0.2) is 11.5 Å². The number of carbonyl (C=O) groups is 2. The van der Waals surface area contributed by atoms with Crippen LogP contribution in [0.15, 0.2) is 12.1 Å². The summed E-state index contributed by atoms with van der Waals surface area (Å²) in [6, 6.07) is 2.37. The minimum atomic E-state index is -1.12. The predicted molar refractivity (Wildman–Crippen MR) is 125 cm³/mol. The molecular formula is C22H31Cl2N3O6. The van der Waals surface area contributed by atoms with Gasteiger partial charge in [-0.25, -0.2) is 0 Å². The minimum absolute atomic E-state index is 0. The molecule has 1 amide bonds. The first kappa shape index (κ1) is 25.8. The first-order chi connectivity index (χ1) is 14.7. The predicted octanol–water partition coefficient (Wildman–Crippen LogP) is 0.961. The molecule has 33 heavy (non-hydrogen) atoms. The van der Waals surface area contributed by atoms with Gasteiger partial charge < -0.3 is 30.3 Å². The number of methoxy groups -OCH3 is 1. The summed E-state index contributed by atoms with van der Waals surface area (Å²) >= 11 is 0. The smallest absolute Gasteiger partial charge is 0.321 e. The van der Waals surface area contributed by atoms with E-state index in [0.717, 1.165) is 30.5 Å². The third kappa shape index (κ3) is 3.31. The molecule has 1 aromatic carbocycles. The second-order valence-electron chi connectivity index (χ2n) is 9.37. The van der Waals surface area contributed by atoms with Gasteiger partial charge >= 0.3 is 5.97 Å². The maximum Gasteiger partial charge on any atom is 0.321 e. The number of ether oxygens (including phenoxy) is 2. The van der Waals surface area contributed by atoms with E-state index in [0.29, 0.717) is 18.6 Å². The molecule has 1 spiro atoms. The lowest BCUT2D eigenvalue weighted by Gasteiger charge is -2.65. The van der Waals surface area contributed by atoms with Crippen molar-refractivity contribution in [2.45, 2.75) is 67.3 Å². The summed E-state index contributed by atoms with van der Waals surface area (Å²) < 4.78 is 12.8. The molecule has 2 heterocycles. The number of likely N-dealkylation sites (tertiary alicyclic amines) is 1. The van der Waals surface area contributed by atoms with Crippen LogP contribution < -0.4 is 15.8 Å². The van der Waals surface area contributed by atoms with E-state index in [-0.39, 0.29) is 49.1 Å². The number of likely N-dealkylation sites (N-methyl/N-ethyl adjacent to an activating group) is 1. The van der Waals surface area contributed by atoms with Gasteiger partial charge in [0.2, 0.25) is 5.91 Å². The normalized spacial score (nSPS) is 34.2. The Morgan fingerprint density at radius 2 is 2.09 bits per heavy atom. The number of benzene rings is 1. The van der Waals surface area contributed by atoms with Crippen molar-refractivity contribution in [2.75, 3.05) is 20.7 Å². The van der Waals surface area contributed by atoms with E-state index in [2.05, 4.69) is 17.3 Å². The number of phenolic OH excluding ortho intramolecular Hbond substituents is 1. The Bertz CT molecular complexity index is 964. The van der Waals surface area contributed by atoms with Gasteiger partial charge in [0.25, 0.3) is 0 Å². The highest BCUT2D eigenvalue weighted by Crippen LogP contribution is 2.66. The molecule has 0 aromatic heterocycles. The van der Waals surface area contributed by atoms with Crippen molar-refractivity contribution in [1.82, 2.24) is 10.2 Å². The number of halogens is 2. The molecule has 2 bridgehead atoms. The van der Waals surface area contributed by atoms with E-state index in [1.807, 2.05) is 6.07 Å². The Morgan fingerprint density at radius 3 is 2.73 bits per heavy atom. The fourth-order valence-electron chi connectivity index (χ4n) is 6.99. The van der Waals surface area contributed by atoms with Gasteiger partial charge in [-0.3, -0.25) is 14.9 Å². The quantitative estimate of drug-likeness (QED) is 0.450. The molecular weight excluding hydrogens is 473 g/mol. The van der Waals surface area contributed by atoms with Crippen molar-refractivity contribution >= 4 is 36.7 Å². The standard InChI is InChI=1S/C22H29N3O6.2ClH/c1-25-8-7-21-17-11-3-4-14(26)18(17)31-19(21)12(24-13(20(28)29)10-16(23)27)5-6-22(21,30-2)15(25)9-11;;/h3-4,12-13,15,19,24,26H,5-10H2,1-2H3,(H2,23,27)(H,28,29);2*1H/t12-,13+,15-,19+,21+,22-;;/m1../s1. The molecule has 5 N–H and O–H groups in total. The van der Waals surface area contributed by atoms with Gasteiger partial charge in [0.05, 0.1) is 17.4 Å². The number of rotatable bonds is 6. The first-order valence-corrected chi connectivity index (χ1v) is 10.8. The number of aliphatic carboxylic acids is 1. The zero-order valence-electron chi connectivity index (χ0n) is 18.6. The Kier molecular flexibility index (Phi) is 6.87. The van der Waals surface area contributed by atoms with Crippen LogP contribution in [0.2, 0.25) is 0 Å². The van der Waals surface area contributed by atoms with Crippen molar-refractivity contribution in [3.8, 4) is 11.5 Å². The lowest BCUT2D eigenvalue weighted by Crippen LogP contribution is -2.78. The maximum atomic E-state index is 11.8. The highest BCUT2D eigenvalue weighted by atomic mass is 35.5. The van der Waals surface area contributed by atoms with Crippen LogP contribution in [0, 0.1) is 0 Å². The number of aromatic hydroxyl groups is 1. The van der Waals surface area contributed by atoms with Crippen molar-refractivity contribution in [1.29, 1.82) is 0 Å². The van der Waals surface area contributed by atoms with Crippen molar-refractivity contribution in [3.05, 3.63) is 23.3 Å². The summed E-state index contributed by atoms with van der Waals surface area (Å²) in [5, 5.41) is 23.4. The summed E-state index contributed by atoms with van der Waals surface area (Å²) in [6.07, 6.45) is 2.20. The number of nitrogens with two attached hydrogens (primary N) is 1. The number of carboxylic acids is 1. The molecule has 1 aromatic rings. The number of hydrogen-bond donors (Lipinski definition) is 4. The molecule has 0 radical (unpaired) electrons. The topological polar surface area (TPSA) is 134 Å². The Labute approximate surface area is 204 Å². The molecule has 5 rings (SSSR count). The molecule has 1 saturated heterocycles. The van der Waals surface area contributed by atoms with Crippen molar-refractivity contribution < 1.29 is 29.3 Å². The molecule has 2 aliphatic heterocycles. The fraction of sp³-hybridized carbons (Fsp3) is 0.636. The number of carbonyl (C=O) groups excluding carboxylic acids is 1. The number of carboxylic acid groups (broad SMARTS) is 1. The second-order valence-corrected chi connectivity index (χ2v) is 9.37. The van der Waals surface area contributed by atoms with Crippen LogP contribution in [-0.2, 0) is 26.2 Å². The van der Waals surface area contributed by atoms with Gasteiger partial charge in [-0.05, 0) is 50.9 Å². The summed E-state index contributed by atoms with van der Waals surface area (Å²) in [5.74, 6) is -1.21. The van der Waals surface area contributed by atoms with Crippen LogP contribution in [0.3, 0.4) is 0 Å². The summed E-state index contributed by atoms with van der Waals surface area (Å²) in [7, 11) is 3.87. The zero-order valence-corrected chi connectivity index (χ0v) is 20.2. The van der Waals surface area contributed by atoms with E-state index >= 15 is 0 Å². The average Bonchev–Trinajstić information content (AvgIpc) is 3.08. The molecule has 9 nitrogen and oxygen atoms in total. The van der Waals surface area contributed by atoms with Crippen LogP contribution >= 0.6 is 24.8 Å². The zero-order chi connectivity index (χ0) is 22.1. The van der Waals surface area contributed by atoms with E-state index in [9.17, 15) is 19.8 Å². The molecule has 0 unspecified atom stereocenters. The van der Waals surface area contributed by atoms with Gasteiger partial charge in [-0.2, -0.15) is 0 Å².